The van der Waals surface area contributed by atoms with Crippen LogP contribution in [0.2, 0.25) is 0 Å². The topological polar surface area (TPSA) is 38.8 Å². The summed E-state index contributed by atoms with van der Waals surface area (Å²) in [6.45, 7) is 1.00. The van der Waals surface area contributed by atoms with Crippen molar-refractivity contribution in [2.45, 2.75) is 50.3 Å². The Morgan fingerprint density at radius 3 is 2.26 bits per heavy atom. The largest absolute Gasteiger partial charge is 0.448 e. The lowest BCUT2D eigenvalue weighted by atomic mass is 9.83. The number of methoxy groups -OCH3 is 1. The maximum absolute atomic E-state index is 13.4. The van der Waals surface area contributed by atoms with E-state index >= 15 is 0 Å². The first kappa shape index (κ1) is 22.1. The summed E-state index contributed by atoms with van der Waals surface area (Å²) in [4.78, 5) is 15.4. The van der Waals surface area contributed by atoms with E-state index in [2.05, 4.69) is 78.9 Å². The van der Waals surface area contributed by atoms with Crippen molar-refractivity contribution in [1.29, 1.82) is 0 Å². The summed E-state index contributed by atoms with van der Waals surface area (Å²) in [6, 6.07) is 25.9. The van der Waals surface area contributed by atoms with E-state index < -0.39 is 0 Å². The number of hydrogen-bond donors (Lipinski definition) is 0. The van der Waals surface area contributed by atoms with Crippen molar-refractivity contribution < 1.29 is 14.3 Å². The van der Waals surface area contributed by atoms with Crippen LogP contribution in [0.25, 0.3) is 16.7 Å². The van der Waals surface area contributed by atoms with E-state index in [1.54, 1.807) is 7.11 Å². The molecule has 2 bridgehead atoms. The number of carbonyl (C=O) groups excluding carboxylic acids is 1. The zero-order valence-electron chi connectivity index (χ0n) is 20.2. The molecule has 3 aliphatic rings. The van der Waals surface area contributed by atoms with Gasteiger partial charge in [-0.25, -0.2) is 4.79 Å². The van der Waals surface area contributed by atoms with Gasteiger partial charge in [0.05, 0.1) is 12.6 Å². The quantitative estimate of drug-likeness (QED) is 0.416. The average molecular weight is 466 g/mol. The highest BCUT2D eigenvalue weighted by molar-refractivity contribution is 5.79. The van der Waals surface area contributed by atoms with E-state index in [1.165, 1.54) is 39.0 Å². The van der Waals surface area contributed by atoms with Crippen LogP contribution in [0, 0.1) is 0 Å². The fourth-order valence-electron chi connectivity index (χ4n) is 6.18. The summed E-state index contributed by atoms with van der Waals surface area (Å²) < 4.78 is 11.3. The second-order valence-electron chi connectivity index (χ2n) is 9.89. The van der Waals surface area contributed by atoms with E-state index in [9.17, 15) is 4.79 Å². The number of ether oxygens (including phenoxy) is 2. The molecular formula is C31H31NO3. The molecule has 2 heterocycles. The molecule has 6 rings (SSSR count). The molecule has 1 amide bonds. The van der Waals surface area contributed by atoms with Gasteiger partial charge in [-0.3, -0.25) is 4.90 Å². The molecule has 178 valence electrons. The normalized spacial score (nSPS) is 20.7. The van der Waals surface area contributed by atoms with Crippen LogP contribution in [0.4, 0.5) is 4.79 Å². The van der Waals surface area contributed by atoms with Crippen molar-refractivity contribution in [1.82, 2.24) is 4.90 Å². The molecule has 4 heteroatoms. The standard InChI is InChI=1S/C31H31NO3/c1-34-19-21-13-15-22(16-14-21)23-17-24-7-6-8-25(18-23)32(24)31(33)35-20-30-28-11-4-2-9-26(28)27-10-3-5-12-29(27)30/h2-5,9-17,24-25,30H,6-8,18-20H2,1H3. The van der Waals surface area contributed by atoms with Gasteiger partial charge in [0.1, 0.15) is 6.61 Å². The van der Waals surface area contributed by atoms with Crippen LogP contribution in [-0.4, -0.2) is 36.8 Å². The van der Waals surface area contributed by atoms with Crippen LogP contribution >= 0.6 is 0 Å². The van der Waals surface area contributed by atoms with Crippen LogP contribution < -0.4 is 0 Å². The Kier molecular flexibility index (Phi) is 5.91. The number of benzene rings is 3. The van der Waals surface area contributed by atoms with Gasteiger partial charge >= 0.3 is 6.09 Å². The van der Waals surface area contributed by atoms with Crippen molar-refractivity contribution >= 4 is 11.7 Å². The van der Waals surface area contributed by atoms with Crippen LogP contribution in [0.3, 0.4) is 0 Å². The number of fused-ring (bicyclic) bond motifs is 5. The average Bonchev–Trinajstić information content (AvgIpc) is 3.21. The Labute approximate surface area is 207 Å². The second-order valence-corrected chi connectivity index (χ2v) is 9.89. The fourth-order valence-corrected chi connectivity index (χ4v) is 6.18. The van der Waals surface area contributed by atoms with E-state index in [-0.39, 0.29) is 24.1 Å². The minimum absolute atomic E-state index is 0.0905. The van der Waals surface area contributed by atoms with E-state index in [4.69, 9.17) is 9.47 Å². The maximum atomic E-state index is 13.4. The number of amides is 1. The van der Waals surface area contributed by atoms with Gasteiger partial charge in [-0.15, -0.1) is 0 Å². The minimum Gasteiger partial charge on any atom is -0.448 e. The molecule has 0 aromatic heterocycles. The van der Waals surface area contributed by atoms with E-state index in [1.807, 2.05) is 4.90 Å². The van der Waals surface area contributed by atoms with Crippen molar-refractivity contribution in [3.05, 3.63) is 101 Å². The first-order chi connectivity index (χ1) is 17.2. The third kappa shape index (κ3) is 4.06. The van der Waals surface area contributed by atoms with E-state index in [0.717, 1.165) is 25.7 Å². The predicted octanol–water partition coefficient (Wildman–Crippen LogP) is 6.79. The number of carbonyl (C=O) groups is 1. The molecule has 35 heavy (non-hydrogen) atoms. The third-order valence-corrected chi connectivity index (χ3v) is 7.82. The number of nitrogens with zero attached hydrogens (tertiary/aromatic N) is 1. The molecule has 0 saturated carbocycles. The molecule has 2 aliphatic heterocycles. The molecule has 4 nitrogen and oxygen atoms in total. The first-order valence-electron chi connectivity index (χ1n) is 12.6. The fraction of sp³-hybridized carbons (Fsp3) is 0.323. The number of hydrogen-bond acceptors (Lipinski definition) is 3. The third-order valence-electron chi connectivity index (χ3n) is 7.82. The summed E-state index contributed by atoms with van der Waals surface area (Å²) in [7, 11) is 1.72. The van der Waals surface area contributed by atoms with Gasteiger partial charge in [-0.2, -0.15) is 0 Å². The molecule has 0 radical (unpaired) electrons. The minimum atomic E-state index is -0.174. The van der Waals surface area contributed by atoms with Gasteiger partial charge < -0.3 is 9.47 Å². The molecule has 1 fully saturated rings. The Hall–Kier alpha value is -3.37. The summed E-state index contributed by atoms with van der Waals surface area (Å²) in [5.41, 5.74) is 8.76. The highest BCUT2D eigenvalue weighted by Gasteiger charge is 2.39. The predicted molar refractivity (Wildman–Crippen MR) is 138 cm³/mol. The van der Waals surface area contributed by atoms with Gasteiger partial charge in [0.25, 0.3) is 0 Å². The first-order valence-corrected chi connectivity index (χ1v) is 12.6. The maximum Gasteiger partial charge on any atom is 0.410 e. The van der Waals surface area contributed by atoms with Crippen molar-refractivity contribution in [2.75, 3.05) is 13.7 Å². The second kappa shape index (κ2) is 9.35. The van der Waals surface area contributed by atoms with Gasteiger partial charge in [0.15, 0.2) is 0 Å². The van der Waals surface area contributed by atoms with Gasteiger partial charge in [0.2, 0.25) is 0 Å². The van der Waals surface area contributed by atoms with Crippen LogP contribution in [0.1, 0.15) is 53.9 Å². The molecule has 1 aliphatic carbocycles. The zero-order chi connectivity index (χ0) is 23.8. The Morgan fingerprint density at radius 1 is 0.914 bits per heavy atom. The molecular weight excluding hydrogens is 434 g/mol. The monoisotopic (exact) mass is 465 g/mol. The molecule has 2 unspecified atom stereocenters. The van der Waals surface area contributed by atoms with Crippen molar-refractivity contribution in [3.63, 3.8) is 0 Å². The SMILES string of the molecule is COCc1ccc(C2=CC3CCCC(C2)N3C(=O)OCC2c3ccccc3-c3ccccc32)cc1. The highest BCUT2D eigenvalue weighted by atomic mass is 16.6. The van der Waals surface area contributed by atoms with Crippen molar-refractivity contribution in [2.24, 2.45) is 0 Å². The van der Waals surface area contributed by atoms with E-state index in [0.29, 0.717) is 13.2 Å². The van der Waals surface area contributed by atoms with Crippen molar-refractivity contribution in [3.8, 4) is 11.1 Å². The van der Waals surface area contributed by atoms with Gasteiger partial charge in [-0.1, -0.05) is 78.9 Å². The molecule has 0 spiro atoms. The smallest absolute Gasteiger partial charge is 0.410 e. The number of piperidine rings is 1. The molecule has 0 N–H and O–H groups in total. The Bertz CT molecular complexity index is 1220. The molecule has 1 saturated heterocycles. The lowest BCUT2D eigenvalue weighted by molar-refractivity contribution is 0.0539. The number of rotatable bonds is 5. The summed E-state index contributed by atoms with van der Waals surface area (Å²) in [6.07, 6.45) is 6.17. The lowest BCUT2D eigenvalue weighted by Crippen LogP contribution is -2.51. The molecule has 2 atom stereocenters. The lowest BCUT2D eigenvalue weighted by Gasteiger charge is -2.44. The van der Waals surface area contributed by atoms with Gasteiger partial charge in [-0.05, 0) is 64.6 Å². The molecule has 3 aromatic rings. The zero-order valence-corrected chi connectivity index (χ0v) is 20.2. The van der Waals surface area contributed by atoms with Crippen LogP contribution in [-0.2, 0) is 16.1 Å². The highest BCUT2D eigenvalue weighted by Crippen LogP contribution is 2.45. The summed E-state index contributed by atoms with van der Waals surface area (Å²) in [5.74, 6) is 0.0905. The summed E-state index contributed by atoms with van der Waals surface area (Å²) in [5, 5.41) is 0. The van der Waals surface area contributed by atoms with Gasteiger partial charge in [0, 0.05) is 19.1 Å². The Morgan fingerprint density at radius 2 is 1.60 bits per heavy atom. The summed E-state index contributed by atoms with van der Waals surface area (Å²) >= 11 is 0. The van der Waals surface area contributed by atoms with Crippen LogP contribution in [0.15, 0.2) is 78.9 Å². The Balaban J connectivity index is 1.19. The molecule has 3 aromatic carbocycles. The van der Waals surface area contributed by atoms with Crippen LogP contribution in [0.5, 0.6) is 0 Å².